The van der Waals surface area contributed by atoms with E-state index in [0.29, 0.717) is 13.0 Å². The Morgan fingerprint density at radius 2 is 1.76 bits per heavy atom. The minimum Gasteiger partial charge on any atom is -0.480 e. The summed E-state index contributed by atoms with van der Waals surface area (Å²) < 4.78 is 0. The highest BCUT2D eigenvalue weighted by Gasteiger charge is 2.40. The number of carboxylic acids is 1. The molecule has 3 amide bonds. The molecule has 2 aliphatic rings. The lowest BCUT2D eigenvalue weighted by molar-refractivity contribution is -0.140. The van der Waals surface area contributed by atoms with Crippen LogP contribution in [0.1, 0.15) is 25.7 Å². The van der Waals surface area contributed by atoms with Crippen molar-refractivity contribution in [3.05, 3.63) is 0 Å². The molecule has 0 spiro atoms. The molecule has 1 atom stereocenters. The predicted molar refractivity (Wildman–Crippen MR) is 71.1 cm³/mol. The lowest BCUT2D eigenvalue weighted by atomic mass is 10.2. The summed E-state index contributed by atoms with van der Waals surface area (Å²) in [6.07, 6.45) is 3.16. The second-order valence-electron chi connectivity index (χ2n) is 5.35. The van der Waals surface area contributed by atoms with Crippen LogP contribution >= 0.6 is 0 Å². The second-order valence-corrected chi connectivity index (χ2v) is 5.35. The van der Waals surface area contributed by atoms with Crippen LogP contribution in [0.2, 0.25) is 0 Å². The number of aliphatic carboxylic acids is 1. The Morgan fingerprint density at radius 1 is 1.05 bits per heavy atom. The number of likely N-dealkylation sites (tertiary alicyclic amines) is 1. The van der Waals surface area contributed by atoms with Crippen LogP contribution in [0.25, 0.3) is 0 Å². The van der Waals surface area contributed by atoms with Gasteiger partial charge >= 0.3 is 5.97 Å². The summed E-state index contributed by atoms with van der Waals surface area (Å²) in [6, 6.07) is -0.509. The summed E-state index contributed by atoms with van der Waals surface area (Å²) in [5, 5.41) is 13.0. The van der Waals surface area contributed by atoms with Crippen LogP contribution in [0.5, 0.6) is 0 Å². The average Bonchev–Trinajstić information content (AvgIpc) is 3.18. The molecule has 0 bridgehead atoms. The van der Waals surface area contributed by atoms with E-state index in [4.69, 9.17) is 5.11 Å². The molecular weight excluding hydrogens is 278 g/mol. The summed E-state index contributed by atoms with van der Waals surface area (Å²) in [5.74, 6) is -1.97. The maximum Gasteiger partial charge on any atom is 0.322 e. The summed E-state index contributed by atoms with van der Waals surface area (Å²) in [4.78, 5) is 47.3. The van der Waals surface area contributed by atoms with Crippen LogP contribution < -0.4 is 10.6 Å². The molecule has 116 valence electrons. The molecule has 0 aromatic rings. The third-order valence-electron chi connectivity index (χ3n) is 3.63. The van der Waals surface area contributed by atoms with Gasteiger partial charge in [-0.3, -0.25) is 19.2 Å². The molecule has 1 saturated heterocycles. The highest BCUT2D eigenvalue weighted by Crippen LogP contribution is 2.33. The first-order valence-corrected chi connectivity index (χ1v) is 7.05. The molecule has 2 rings (SSSR count). The summed E-state index contributed by atoms with van der Waals surface area (Å²) in [7, 11) is 0. The number of nitrogens with one attached hydrogen (secondary N) is 2. The van der Waals surface area contributed by atoms with Crippen molar-refractivity contribution in [3.8, 4) is 0 Å². The van der Waals surface area contributed by atoms with E-state index in [1.165, 1.54) is 0 Å². The van der Waals surface area contributed by atoms with Crippen molar-refractivity contribution >= 4 is 23.7 Å². The Labute approximate surface area is 121 Å². The van der Waals surface area contributed by atoms with E-state index >= 15 is 0 Å². The number of carbonyl (C=O) groups excluding carboxylic acids is 3. The van der Waals surface area contributed by atoms with Gasteiger partial charge in [0.2, 0.25) is 17.7 Å². The number of carbonyl (C=O) groups is 4. The zero-order valence-electron chi connectivity index (χ0n) is 11.6. The van der Waals surface area contributed by atoms with Crippen molar-refractivity contribution < 1.29 is 24.3 Å². The van der Waals surface area contributed by atoms with E-state index in [9.17, 15) is 19.2 Å². The fourth-order valence-electron chi connectivity index (χ4n) is 2.39. The Hall–Kier alpha value is -2.12. The molecule has 0 radical (unpaired) electrons. The first-order valence-electron chi connectivity index (χ1n) is 7.05. The zero-order valence-corrected chi connectivity index (χ0v) is 11.6. The zero-order chi connectivity index (χ0) is 15.4. The molecule has 0 aromatic carbocycles. The lowest BCUT2D eigenvalue weighted by Gasteiger charge is -2.23. The number of nitrogens with zero attached hydrogens (tertiary/aromatic N) is 1. The quantitative estimate of drug-likeness (QED) is 0.564. The first kappa shape index (κ1) is 15.3. The molecule has 1 unspecified atom stereocenters. The molecule has 8 nitrogen and oxygen atoms in total. The van der Waals surface area contributed by atoms with Crippen molar-refractivity contribution in [1.82, 2.24) is 15.5 Å². The summed E-state index contributed by atoms with van der Waals surface area (Å²) in [6.45, 7) is -0.183. The van der Waals surface area contributed by atoms with Crippen LogP contribution in [0.3, 0.4) is 0 Å². The Bertz CT molecular complexity index is 461. The van der Waals surface area contributed by atoms with Gasteiger partial charge in [0.15, 0.2) is 0 Å². The van der Waals surface area contributed by atoms with E-state index in [1.54, 1.807) is 4.90 Å². The predicted octanol–water partition coefficient (Wildman–Crippen LogP) is -1.30. The van der Waals surface area contributed by atoms with Gasteiger partial charge in [0.1, 0.15) is 12.6 Å². The van der Waals surface area contributed by atoms with E-state index < -0.39 is 24.5 Å². The van der Waals surface area contributed by atoms with Crippen molar-refractivity contribution in [2.24, 2.45) is 5.92 Å². The minimum atomic E-state index is -1.15. The van der Waals surface area contributed by atoms with Gasteiger partial charge in [0.05, 0.1) is 6.54 Å². The lowest BCUT2D eigenvalue weighted by Crippen LogP contribution is -2.48. The number of hydrogen-bond acceptors (Lipinski definition) is 4. The standard InChI is InChI=1S/C13H19N3O5/c17-10(14-7-11(18)19)6-15-12(20)9-2-1-5-16(9)13(21)8-3-4-8/h8-9H,1-7H2,(H,14,17)(H,15,20)(H,18,19). The largest absolute Gasteiger partial charge is 0.480 e. The van der Waals surface area contributed by atoms with Gasteiger partial charge in [-0.1, -0.05) is 0 Å². The number of rotatable bonds is 6. The topological polar surface area (TPSA) is 116 Å². The Morgan fingerprint density at radius 3 is 2.38 bits per heavy atom. The summed E-state index contributed by atoms with van der Waals surface area (Å²) in [5.41, 5.74) is 0. The minimum absolute atomic E-state index is 0.0305. The molecule has 1 aliphatic heterocycles. The average molecular weight is 297 g/mol. The van der Waals surface area contributed by atoms with Crippen LogP contribution in [-0.2, 0) is 19.2 Å². The van der Waals surface area contributed by atoms with Gasteiger partial charge in [0, 0.05) is 12.5 Å². The molecule has 1 aliphatic carbocycles. The fraction of sp³-hybridized carbons (Fsp3) is 0.692. The fourth-order valence-corrected chi connectivity index (χ4v) is 2.39. The maximum absolute atomic E-state index is 12.0. The highest BCUT2D eigenvalue weighted by atomic mass is 16.4. The Kier molecular flexibility index (Phi) is 4.77. The molecule has 8 heteroatoms. The van der Waals surface area contributed by atoms with Crippen molar-refractivity contribution in [2.45, 2.75) is 31.7 Å². The Balaban J connectivity index is 1.77. The van der Waals surface area contributed by atoms with E-state index in [0.717, 1.165) is 19.3 Å². The molecular formula is C13H19N3O5. The number of amides is 3. The van der Waals surface area contributed by atoms with Gasteiger partial charge < -0.3 is 20.6 Å². The van der Waals surface area contributed by atoms with E-state index in [-0.39, 0.29) is 24.3 Å². The van der Waals surface area contributed by atoms with Gasteiger partial charge in [-0.05, 0) is 25.7 Å². The van der Waals surface area contributed by atoms with Gasteiger partial charge in [-0.2, -0.15) is 0 Å². The molecule has 1 heterocycles. The molecule has 3 N–H and O–H groups in total. The van der Waals surface area contributed by atoms with Crippen molar-refractivity contribution in [3.63, 3.8) is 0 Å². The molecule has 1 saturated carbocycles. The van der Waals surface area contributed by atoms with Crippen LogP contribution in [0, 0.1) is 5.92 Å². The number of hydrogen-bond donors (Lipinski definition) is 3. The normalized spacial score (nSPS) is 21.0. The molecule has 21 heavy (non-hydrogen) atoms. The van der Waals surface area contributed by atoms with E-state index in [1.807, 2.05) is 0 Å². The monoisotopic (exact) mass is 297 g/mol. The van der Waals surface area contributed by atoms with Gasteiger partial charge in [-0.15, -0.1) is 0 Å². The van der Waals surface area contributed by atoms with Gasteiger partial charge in [0.25, 0.3) is 0 Å². The maximum atomic E-state index is 12.0. The van der Waals surface area contributed by atoms with Crippen molar-refractivity contribution in [1.29, 1.82) is 0 Å². The van der Waals surface area contributed by atoms with E-state index in [2.05, 4.69) is 10.6 Å². The second kappa shape index (κ2) is 6.55. The number of carboxylic acid groups (broad SMARTS) is 1. The van der Waals surface area contributed by atoms with Crippen LogP contribution in [0.15, 0.2) is 0 Å². The third kappa shape index (κ3) is 4.17. The SMILES string of the molecule is O=C(O)CNC(=O)CNC(=O)C1CCCN1C(=O)C1CC1. The third-order valence-corrected chi connectivity index (χ3v) is 3.63. The first-order chi connectivity index (χ1) is 9.99. The highest BCUT2D eigenvalue weighted by molar-refractivity contribution is 5.92. The van der Waals surface area contributed by atoms with Gasteiger partial charge in [-0.25, -0.2) is 0 Å². The molecule has 2 fully saturated rings. The van der Waals surface area contributed by atoms with Crippen LogP contribution in [-0.4, -0.2) is 59.4 Å². The van der Waals surface area contributed by atoms with Crippen LogP contribution in [0.4, 0.5) is 0 Å². The van der Waals surface area contributed by atoms with Crippen molar-refractivity contribution in [2.75, 3.05) is 19.6 Å². The smallest absolute Gasteiger partial charge is 0.322 e. The summed E-state index contributed by atoms with van der Waals surface area (Å²) >= 11 is 0. The molecule has 0 aromatic heterocycles.